The molecular weight excluding hydrogens is 244 g/mol. The van der Waals surface area contributed by atoms with Gasteiger partial charge in [0.05, 0.1) is 0 Å². The van der Waals surface area contributed by atoms with Crippen LogP contribution < -0.4 is 5.32 Å². The highest BCUT2D eigenvalue weighted by Gasteiger charge is 2.04. The van der Waals surface area contributed by atoms with E-state index in [1.165, 1.54) is 28.8 Å². The number of halogens is 2. The summed E-state index contributed by atoms with van der Waals surface area (Å²) in [4.78, 5) is 0. The van der Waals surface area contributed by atoms with E-state index in [1.54, 1.807) is 0 Å². The molecule has 0 saturated heterocycles. The SMILES string of the molecule is Cc1cccc(CNCc2ccc(F)cc2F)c1C. The van der Waals surface area contributed by atoms with E-state index in [9.17, 15) is 8.78 Å². The zero-order valence-electron chi connectivity index (χ0n) is 11.1. The number of rotatable bonds is 4. The molecule has 2 aromatic rings. The van der Waals surface area contributed by atoms with Gasteiger partial charge in [-0.05, 0) is 36.6 Å². The molecule has 0 unspecified atom stereocenters. The first-order valence-electron chi connectivity index (χ1n) is 6.27. The van der Waals surface area contributed by atoms with E-state index in [0.717, 1.165) is 6.07 Å². The van der Waals surface area contributed by atoms with Crippen molar-refractivity contribution < 1.29 is 8.78 Å². The van der Waals surface area contributed by atoms with Crippen molar-refractivity contribution in [3.63, 3.8) is 0 Å². The van der Waals surface area contributed by atoms with Crippen LogP contribution in [0.15, 0.2) is 36.4 Å². The van der Waals surface area contributed by atoms with Crippen molar-refractivity contribution in [2.45, 2.75) is 26.9 Å². The topological polar surface area (TPSA) is 12.0 Å². The number of hydrogen-bond acceptors (Lipinski definition) is 1. The summed E-state index contributed by atoms with van der Waals surface area (Å²) in [6.07, 6.45) is 0. The fourth-order valence-electron chi connectivity index (χ4n) is 2.00. The maximum Gasteiger partial charge on any atom is 0.130 e. The van der Waals surface area contributed by atoms with Crippen LogP contribution in [0.25, 0.3) is 0 Å². The van der Waals surface area contributed by atoms with Crippen LogP contribution in [0.2, 0.25) is 0 Å². The van der Waals surface area contributed by atoms with Gasteiger partial charge in [0.25, 0.3) is 0 Å². The van der Waals surface area contributed by atoms with Gasteiger partial charge in [-0.15, -0.1) is 0 Å². The summed E-state index contributed by atoms with van der Waals surface area (Å²) < 4.78 is 26.2. The Morgan fingerprint density at radius 3 is 2.42 bits per heavy atom. The lowest BCUT2D eigenvalue weighted by molar-refractivity contribution is 0.560. The molecule has 100 valence electrons. The summed E-state index contributed by atoms with van der Waals surface area (Å²) in [5, 5.41) is 3.18. The van der Waals surface area contributed by atoms with E-state index in [-0.39, 0.29) is 0 Å². The summed E-state index contributed by atoms with van der Waals surface area (Å²) in [6, 6.07) is 9.79. The Kier molecular flexibility index (Phi) is 4.27. The lowest BCUT2D eigenvalue weighted by Crippen LogP contribution is -2.14. The lowest BCUT2D eigenvalue weighted by Gasteiger charge is -2.10. The number of aryl methyl sites for hydroxylation is 1. The molecule has 0 atom stereocenters. The second-order valence-corrected chi connectivity index (χ2v) is 4.70. The van der Waals surface area contributed by atoms with Crippen LogP contribution >= 0.6 is 0 Å². The third kappa shape index (κ3) is 3.38. The van der Waals surface area contributed by atoms with Gasteiger partial charge in [0, 0.05) is 24.7 Å². The maximum absolute atomic E-state index is 13.4. The fourth-order valence-corrected chi connectivity index (χ4v) is 2.00. The third-order valence-corrected chi connectivity index (χ3v) is 3.36. The minimum atomic E-state index is -0.546. The van der Waals surface area contributed by atoms with Crippen LogP contribution in [-0.2, 0) is 13.1 Å². The van der Waals surface area contributed by atoms with Gasteiger partial charge in [-0.1, -0.05) is 24.3 Å². The quantitative estimate of drug-likeness (QED) is 0.881. The molecule has 0 aliphatic heterocycles. The predicted octanol–water partition coefficient (Wildman–Crippen LogP) is 3.87. The highest BCUT2D eigenvalue weighted by atomic mass is 19.1. The van der Waals surface area contributed by atoms with Gasteiger partial charge in [-0.25, -0.2) is 8.78 Å². The van der Waals surface area contributed by atoms with Gasteiger partial charge in [0.2, 0.25) is 0 Å². The molecule has 1 nitrogen and oxygen atoms in total. The standard InChI is InChI=1S/C16H17F2N/c1-11-4-3-5-13(12(11)2)9-19-10-14-6-7-15(17)8-16(14)18/h3-8,19H,9-10H2,1-2H3. The van der Waals surface area contributed by atoms with E-state index in [1.807, 2.05) is 6.07 Å². The summed E-state index contributed by atoms with van der Waals surface area (Å²) in [5.41, 5.74) is 4.16. The minimum Gasteiger partial charge on any atom is -0.309 e. The molecule has 0 heterocycles. The van der Waals surface area contributed by atoms with Crippen molar-refractivity contribution in [2.24, 2.45) is 0 Å². The molecule has 2 rings (SSSR count). The van der Waals surface area contributed by atoms with Crippen molar-refractivity contribution in [3.8, 4) is 0 Å². The van der Waals surface area contributed by atoms with Crippen LogP contribution in [0, 0.1) is 25.5 Å². The Balaban J connectivity index is 1.98. The Hall–Kier alpha value is -1.74. The van der Waals surface area contributed by atoms with E-state index in [2.05, 4.69) is 31.3 Å². The van der Waals surface area contributed by atoms with Gasteiger partial charge < -0.3 is 5.32 Å². The minimum absolute atomic E-state index is 0.388. The summed E-state index contributed by atoms with van der Waals surface area (Å²) in [7, 11) is 0. The first-order chi connectivity index (χ1) is 9.08. The zero-order chi connectivity index (χ0) is 13.8. The van der Waals surface area contributed by atoms with E-state index in [0.29, 0.717) is 18.7 Å². The van der Waals surface area contributed by atoms with Gasteiger partial charge in [0.15, 0.2) is 0 Å². The van der Waals surface area contributed by atoms with E-state index in [4.69, 9.17) is 0 Å². The second kappa shape index (κ2) is 5.93. The lowest BCUT2D eigenvalue weighted by atomic mass is 10.0. The summed E-state index contributed by atoms with van der Waals surface area (Å²) in [6.45, 7) is 5.20. The third-order valence-electron chi connectivity index (χ3n) is 3.36. The molecule has 0 aromatic heterocycles. The number of hydrogen-bond donors (Lipinski definition) is 1. The second-order valence-electron chi connectivity index (χ2n) is 4.70. The van der Waals surface area contributed by atoms with E-state index < -0.39 is 11.6 Å². The van der Waals surface area contributed by atoms with Gasteiger partial charge >= 0.3 is 0 Å². The molecular formula is C16H17F2N. The molecule has 0 fully saturated rings. The smallest absolute Gasteiger partial charge is 0.130 e. The van der Waals surface area contributed by atoms with Crippen molar-refractivity contribution in [2.75, 3.05) is 0 Å². The van der Waals surface area contributed by atoms with Gasteiger partial charge in [-0.3, -0.25) is 0 Å². The van der Waals surface area contributed by atoms with Gasteiger partial charge in [0.1, 0.15) is 11.6 Å². The molecule has 1 N–H and O–H groups in total. The maximum atomic E-state index is 13.4. The average molecular weight is 261 g/mol. The Bertz CT molecular complexity index is 579. The van der Waals surface area contributed by atoms with Gasteiger partial charge in [-0.2, -0.15) is 0 Å². The fraction of sp³-hybridized carbons (Fsp3) is 0.250. The molecule has 3 heteroatoms. The molecule has 0 aliphatic rings. The van der Waals surface area contributed by atoms with Crippen LogP contribution in [0.1, 0.15) is 22.3 Å². The first-order valence-corrected chi connectivity index (χ1v) is 6.27. The Morgan fingerprint density at radius 2 is 1.68 bits per heavy atom. The zero-order valence-corrected chi connectivity index (χ0v) is 11.1. The molecule has 0 bridgehead atoms. The number of benzene rings is 2. The predicted molar refractivity (Wildman–Crippen MR) is 72.8 cm³/mol. The van der Waals surface area contributed by atoms with Crippen molar-refractivity contribution in [1.82, 2.24) is 5.32 Å². The molecule has 19 heavy (non-hydrogen) atoms. The Morgan fingerprint density at radius 1 is 0.947 bits per heavy atom. The molecule has 0 amide bonds. The Labute approximate surface area is 112 Å². The van der Waals surface area contributed by atoms with Crippen LogP contribution in [0.3, 0.4) is 0 Å². The molecule has 0 spiro atoms. The summed E-state index contributed by atoms with van der Waals surface area (Å²) >= 11 is 0. The normalized spacial score (nSPS) is 10.7. The average Bonchev–Trinajstić information content (AvgIpc) is 2.37. The van der Waals surface area contributed by atoms with Crippen molar-refractivity contribution >= 4 is 0 Å². The van der Waals surface area contributed by atoms with Crippen molar-refractivity contribution in [1.29, 1.82) is 0 Å². The number of nitrogens with one attached hydrogen (secondary N) is 1. The summed E-state index contributed by atoms with van der Waals surface area (Å²) in [5.74, 6) is -1.05. The molecule has 0 aliphatic carbocycles. The monoisotopic (exact) mass is 261 g/mol. The van der Waals surface area contributed by atoms with Crippen LogP contribution in [0.4, 0.5) is 8.78 Å². The highest BCUT2D eigenvalue weighted by Crippen LogP contribution is 2.13. The molecule has 0 radical (unpaired) electrons. The highest BCUT2D eigenvalue weighted by molar-refractivity contribution is 5.33. The van der Waals surface area contributed by atoms with E-state index >= 15 is 0 Å². The largest absolute Gasteiger partial charge is 0.309 e. The molecule has 2 aromatic carbocycles. The first kappa shape index (κ1) is 13.7. The molecule has 0 saturated carbocycles. The van der Waals surface area contributed by atoms with Crippen LogP contribution in [0.5, 0.6) is 0 Å². The van der Waals surface area contributed by atoms with Crippen molar-refractivity contribution in [3.05, 3.63) is 70.3 Å². The van der Waals surface area contributed by atoms with Crippen LogP contribution in [-0.4, -0.2) is 0 Å².